The molecular weight excluding hydrogens is 184 g/mol. The fourth-order valence-corrected chi connectivity index (χ4v) is 1.31. The van der Waals surface area contributed by atoms with Crippen molar-refractivity contribution in [2.24, 2.45) is 5.41 Å². The first-order valence-electron chi connectivity index (χ1n) is 4.37. The number of rotatable bonds is 3. The highest BCUT2D eigenvalue weighted by Gasteiger charge is 2.27. The van der Waals surface area contributed by atoms with Gasteiger partial charge in [0.05, 0.1) is 6.10 Å². The van der Waals surface area contributed by atoms with Crippen molar-refractivity contribution >= 4 is 11.6 Å². The molecule has 0 amide bonds. The first kappa shape index (κ1) is 10.6. The van der Waals surface area contributed by atoms with Gasteiger partial charge < -0.3 is 5.11 Å². The summed E-state index contributed by atoms with van der Waals surface area (Å²) in [4.78, 5) is 0. The molecule has 72 valence electrons. The van der Waals surface area contributed by atoms with Gasteiger partial charge in [0, 0.05) is 11.3 Å². The SMILES string of the molecule is CC(C)(CCl)C(O)c1ccccc1. The second-order valence-electron chi connectivity index (χ2n) is 3.94. The van der Waals surface area contributed by atoms with E-state index in [-0.39, 0.29) is 5.41 Å². The Morgan fingerprint density at radius 1 is 1.31 bits per heavy atom. The van der Waals surface area contributed by atoms with E-state index in [1.165, 1.54) is 0 Å². The van der Waals surface area contributed by atoms with E-state index >= 15 is 0 Å². The summed E-state index contributed by atoms with van der Waals surface area (Å²) >= 11 is 5.78. The molecule has 0 saturated heterocycles. The van der Waals surface area contributed by atoms with E-state index in [1.54, 1.807) is 0 Å². The zero-order valence-corrected chi connectivity index (χ0v) is 8.75. The first-order valence-corrected chi connectivity index (χ1v) is 4.90. The van der Waals surface area contributed by atoms with E-state index in [0.29, 0.717) is 5.88 Å². The normalized spacial score (nSPS) is 14.2. The van der Waals surface area contributed by atoms with Gasteiger partial charge in [-0.2, -0.15) is 0 Å². The van der Waals surface area contributed by atoms with Crippen LogP contribution in [-0.4, -0.2) is 11.0 Å². The van der Waals surface area contributed by atoms with Crippen molar-refractivity contribution in [2.75, 3.05) is 5.88 Å². The molecular formula is C11H15ClO. The van der Waals surface area contributed by atoms with E-state index in [2.05, 4.69) is 0 Å². The maximum atomic E-state index is 9.96. The second-order valence-corrected chi connectivity index (χ2v) is 4.20. The lowest BCUT2D eigenvalue weighted by Gasteiger charge is -2.28. The third-order valence-electron chi connectivity index (χ3n) is 2.20. The van der Waals surface area contributed by atoms with Crippen LogP contribution in [0, 0.1) is 5.41 Å². The van der Waals surface area contributed by atoms with Gasteiger partial charge in [0.1, 0.15) is 0 Å². The quantitative estimate of drug-likeness (QED) is 0.741. The van der Waals surface area contributed by atoms with E-state index in [4.69, 9.17) is 11.6 Å². The van der Waals surface area contributed by atoms with Crippen molar-refractivity contribution in [1.82, 2.24) is 0 Å². The number of aliphatic hydroxyl groups is 1. The van der Waals surface area contributed by atoms with Crippen molar-refractivity contribution in [2.45, 2.75) is 20.0 Å². The van der Waals surface area contributed by atoms with Crippen LogP contribution in [0.5, 0.6) is 0 Å². The molecule has 0 aliphatic rings. The lowest BCUT2D eigenvalue weighted by Crippen LogP contribution is -2.23. The molecule has 1 N–H and O–H groups in total. The fourth-order valence-electron chi connectivity index (χ4n) is 1.16. The molecule has 1 atom stereocenters. The summed E-state index contributed by atoms with van der Waals surface area (Å²) in [6.45, 7) is 3.91. The Hall–Kier alpha value is -0.530. The molecule has 1 rings (SSSR count). The Morgan fingerprint density at radius 3 is 2.31 bits per heavy atom. The summed E-state index contributed by atoms with van der Waals surface area (Å²) in [6, 6.07) is 9.60. The van der Waals surface area contributed by atoms with Crippen LogP contribution in [0.4, 0.5) is 0 Å². The predicted octanol–water partition coefficient (Wildman–Crippen LogP) is 2.99. The summed E-state index contributed by atoms with van der Waals surface area (Å²) in [7, 11) is 0. The Bertz CT molecular complexity index is 256. The molecule has 1 aromatic carbocycles. The fraction of sp³-hybridized carbons (Fsp3) is 0.455. The van der Waals surface area contributed by atoms with Gasteiger partial charge in [-0.3, -0.25) is 0 Å². The van der Waals surface area contributed by atoms with Crippen molar-refractivity contribution in [1.29, 1.82) is 0 Å². The third kappa shape index (κ3) is 2.45. The van der Waals surface area contributed by atoms with E-state index < -0.39 is 6.10 Å². The zero-order chi connectivity index (χ0) is 9.90. The van der Waals surface area contributed by atoms with Crippen molar-refractivity contribution < 1.29 is 5.11 Å². The highest BCUT2D eigenvalue weighted by molar-refractivity contribution is 6.18. The summed E-state index contributed by atoms with van der Waals surface area (Å²) in [5.41, 5.74) is 0.649. The lowest BCUT2D eigenvalue weighted by molar-refractivity contribution is 0.0651. The Morgan fingerprint density at radius 2 is 1.85 bits per heavy atom. The summed E-state index contributed by atoms with van der Waals surface area (Å²) in [5.74, 6) is 0.447. The van der Waals surface area contributed by atoms with Gasteiger partial charge in [0.15, 0.2) is 0 Å². The number of aliphatic hydroxyl groups excluding tert-OH is 1. The van der Waals surface area contributed by atoms with Crippen LogP contribution in [0.3, 0.4) is 0 Å². The van der Waals surface area contributed by atoms with Gasteiger partial charge in [-0.1, -0.05) is 44.2 Å². The average Bonchev–Trinajstić information content (AvgIpc) is 2.18. The molecule has 1 unspecified atom stereocenters. The molecule has 1 aromatic rings. The molecule has 0 bridgehead atoms. The van der Waals surface area contributed by atoms with Crippen LogP contribution in [0.1, 0.15) is 25.5 Å². The second kappa shape index (κ2) is 4.12. The molecule has 0 saturated carbocycles. The highest BCUT2D eigenvalue weighted by Crippen LogP contribution is 2.33. The van der Waals surface area contributed by atoms with E-state index in [1.807, 2.05) is 44.2 Å². The highest BCUT2D eigenvalue weighted by atomic mass is 35.5. The number of halogens is 1. The zero-order valence-electron chi connectivity index (χ0n) is 8.00. The van der Waals surface area contributed by atoms with Gasteiger partial charge in [-0.05, 0) is 5.56 Å². The van der Waals surface area contributed by atoms with Crippen LogP contribution in [0.2, 0.25) is 0 Å². The van der Waals surface area contributed by atoms with Crippen molar-refractivity contribution in [3.8, 4) is 0 Å². The predicted molar refractivity (Wildman–Crippen MR) is 55.9 cm³/mol. The molecule has 0 aliphatic carbocycles. The molecule has 1 nitrogen and oxygen atoms in total. The van der Waals surface area contributed by atoms with E-state index in [0.717, 1.165) is 5.56 Å². The van der Waals surface area contributed by atoms with Crippen molar-refractivity contribution in [3.63, 3.8) is 0 Å². The lowest BCUT2D eigenvalue weighted by atomic mass is 9.85. The first-order chi connectivity index (χ1) is 6.08. The Kier molecular flexibility index (Phi) is 3.34. The molecule has 2 heteroatoms. The largest absolute Gasteiger partial charge is 0.388 e. The maximum absolute atomic E-state index is 9.96. The van der Waals surface area contributed by atoms with Gasteiger partial charge in [0.25, 0.3) is 0 Å². The average molecular weight is 199 g/mol. The number of alkyl halides is 1. The van der Waals surface area contributed by atoms with Gasteiger partial charge >= 0.3 is 0 Å². The Labute approximate surface area is 84.4 Å². The Balaban J connectivity index is 2.85. The number of hydrogen-bond donors (Lipinski definition) is 1. The summed E-state index contributed by atoms with van der Waals surface area (Å²) in [5, 5.41) is 9.96. The maximum Gasteiger partial charge on any atom is 0.0852 e. The molecule has 0 spiro atoms. The van der Waals surface area contributed by atoms with E-state index in [9.17, 15) is 5.11 Å². The molecule has 0 radical (unpaired) electrons. The molecule has 13 heavy (non-hydrogen) atoms. The monoisotopic (exact) mass is 198 g/mol. The topological polar surface area (TPSA) is 20.2 Å². The minimum absolute atomic E-state index is 0.275. The summed E-state index contributed by atoms with van der Waals surface area (Å²) < 4.78 is 0. The molecule has 0 fully saturated rings. The minimum atomic E-state index is -0.494. The smallest absolute Gasteiger partial charge is 0.0852 e. The van der Waals surface area contributed by atoms with Crippen LogP contribution in [0.25, 0.3) is 0 Å². The number of hydrogen-bond acceptors (Lipinski definition) is 1. The minimum Gasteiger partial charge on any atom is -0.388 e. The van der Waals surface area contributed by atoms with Crippen molar-refractivity contribution in [3.05, 3.63) is 35.9 Å². The molecule has 0 aliphatic heterocycles. The third-order valence-corrected chi connectivity index (χ3v) is 2.89. The van der Waals surface area contributed by atoms with Gasteiger partial charge in [-0.15, -0.1) is 11.6 Å². The van der Waals surface area contributed by atoms with Gasteiger partial charge in [0.2, 0.25) is 0 Å². The van der Waals surface area contributed by atoms with Gasteiger partial charge in [-0.25, -0.2) is 0 Å². The van der Waals surface area contributed by atoms with Crippen LogP contribution in [0.15, 0.2) is 30.3 Å². The van der Waals surface area contributed by atoms with Crippen LogP contribution in [-0.2, 0) is 0 Å². The van der Waals surface area contributed by atoms with Crippen LogP contribution >= 0.6 is 11.6 Å². The standard InChI is InChI=1S/C11H15ClO/c1-11(2,8-12)10(13)9-6-4-3-5-7-9/h3-7,10,13H,8H2,1-2H3. The summed E-state index contributed by atoms with van der Waals surface area (Å²) in [6.07, 6.45) is -0.494. The van der Waals surface area contributed by atoms with Crippen LogP contribution < -0.4 is 0 Å². The number of benzene rings is 1. The molecule has 0 heterocycles. The molecule has 0 aromatic heterocycles.